The van der Waals surface area contributed by atoms with Gasteiger partial charge in [-0.1, -0.05) is 6.92 Å². The molecule has 1 amide bonds. The quantitative estimate of drug-likeness (QED) is 0.653. The maximum Gasteiger partial charge on any atom is 0.239 e. The lowest BCUT2D eigenvalue weighted by Crippen LogP contribution is -2.45. The van der Waals surface area contributed by atoms with E-state index < -0.39 is 15.8 Å². The highest BCUT2D eigenvalue weighted by molar-refractivity contribution is 7.90. The second-order valence-corrected chi connectivity index (χ2v) is 6.12. The summed E-state index contributed by atoms with van der Waals surface area (Å²) in [6, 6.07) is 0.134. The van der Waals surface area contributed by atoms with Gasteiger partial charge in [-0.25, -0.2) is 13.1 Å². The number of nitrogens with zero attached hydrogens (tertiary/aromatic N) is 1. The van der Waals surface area contributed by atoms with Gasteiger partial charge in [-0.05, 0) is 26.4 Å². The summed E-state index contributed by atoms with van der Waals surface area (Å²) in [6.45, 7) is 4.24. The third-order valence-electron chi connectivity index (χ3n) is 2.88. The van der Waals surface area contributed by atoms with Crippen molar-refractivity contribution in [2.45, 2.75) is 25.8 Å². The number of nitrogens with one attached hydrogen (secondary N) is 2. The fourth-order valence-electron chi connectivity index (χ4n) is 1.97. The molecule has 1 heterocycles. The van der Waals surface area contributed by atoms with Gasteiger partial charge < -0.3 is 10.2 Å². The molecular formula is C10H21N3O3S. The maximum atomic E-state index is 12.0. The van der Waals surface area contributed by atoms with Crippen LogP contribution in [0.2, 0.25) is 0 Å². The van der Waals surface area contributed by atoms with Crippen LogP contribution in [-0.2, 0) is 14.8 Å². The molecule has 0 bridgehead atoms. The highest BCUT2D eigenvalue weighted by Crippen LogP contribution is 2.10. The number of hydrogen-bond acceptors (Lipinski definition) is 4. The molecular weight excluding hydrogens is 242 g/mol. The summed E-state index contributed by atoms with van der Waals surface area (Å²) in [4.78, 5) is 13.7. The smallest absolute Gasteiger partial charge is 0.239 e. The van der Waals surface area contributed by atoms with Crippen molar-refractivity contribution in [3.05, 3.63) is 0 Å². The monoisotopic (exact) mass is 263 g/mol. The Balaban J connectivity index is 2.66. The van der Waals surface area contributed by atoms with Crippen LogP contribution in [-0.4, -0.2) is 57.7 Å². The van der Waals surface area contributed by atoms with E-state index in [1.807, 2.05) is 6.92 Å². The van der Waals surface area contributed by atoms with Crippen LogP contribution in [0.3, 0.4) is 0 Å². The van der Waals surface area contributed by atoms with Crippen molar-refractivity contribution in [1.29, 1.82) is 0 Å². The second kappa shape index (κ2) is 6.32. The largest absolute Gasteiger partial charge is 0.337 e. The first-order valence-corrected chi connectivity index (χ1v) is 7.56. The van der Waals surface area contributed by atoms with E-state index in [4.69, 9.17) is 0 Å². The van der Waals surface area contributed by atoms with E-state index in [9.17, 15) is 13.2 Å². The molecule has 2 N–H and O–H groups in total. The average molecular weight is 263 g/mol. The third-order valence-corrected chi connectivity index (χ3v) is 4.13. The summed E-state index contributed by atoms with van der Waals surface area (Å²) < 4.78 is 24.9. The standard InChI is InChI=1S/C10H21N3O3S/c1-3-6-13(9-4-5-12-7-9)10(14)8-17(15,16)11-2/h9,11-12H,3-8H2,1-2H3. The van der Waals surface area contributed by atoms with Gasteiger partial charge in [-0.2, -0.15) is 0 Å². The van der Waals surface area contributed by atoms with E-state index >= 15 is 0 Å². The topological polar surface area (TPSA) is 78.5 Å². The molecule has 6 nitrogen and oxygen atoms in total. The number of carbonyl (C=O) groups excluding carboxylic acids is 1. The van der Waals surface area contributed by atoms with Crippen LogP contribution in [0.15, 0.2) is 0 Å². The van der Waals surface area contributed by atoms with Gasteiger partial charge in [0.25, 0.3) is 0 Å². The molecule has 0 aromatic heterocycles. The second-order valence-electron chi connectivity index (χ2n) is 4.20. The molecule has 0 saturated carbocycles. The Bertz CT molecular complexity index is 350. The highest BCUT2D eigenvalue weighted by Gasteiger charge is 2.28. The maximum absolute atomic E-state index is 12.0. The van der Waals surface area contributed by atoms with Crippen LogP contribution >= 0.6 is 0 Å². The Hall–Kier alpha value is -0.660. The third kappa shape index (κ3) is 4.25. The van der Waals surface area contributed by atoms with Crippen molar-refractivity contribution >= 4 is 15.9 Å². The Morgan fingerprint density at radius 2 is 2.24 bits per heavy atom. The van der Waals surface area contributed by atoms with Gasteiger partial charge in [0.05, 0.1) is 0 Å². The molecule has 1 saturated heterocycles. The van der Waals surface area contributed by atoms with E-state index in [2.05, 4.69) is 10.0 Å². The van der Waals surface area contributed by atoms with E-state index in [1.165, 1.54) is 7.05 Å². The predicted octanol–water partition coefficient (Wildman–Crippen LogP) is -0.864. The van der Waals surface area contributed by atoms with Crippen LogP contribution in [0.1, 0.15) is 19.8 Å². The molecule has 1 atom stereocenters. The SMILES string of the molecule is CCCN(C(=O)CS(=O)(=O)NC)C1CCNC1. The molecule has 17 heavy (non-hydrogen) atoms. The van der Waals surface area contributed by atoms with Gasteiger partial charge in [-0.3, -0.25) is 4.79 Å². The molecule has 1 unspecified atom stereocenters. The molecule has 0 aliphatic carbocycles. The minimum atomic E-state index is -3.47. The molecule has 0 aromatic rings. The lowest BCUT2D eigenvalue weighted by atomic mass is 10.2. The predicted molar refractivity (Wildman–Crippen MR) is 66.1 cm³/mol. The molecule has 100 valence electrons. The number of sulfonamides is 1. The normalized spacial score (nSPS) is 20.5. The zero-order valence-electron chi connectivity index (χ0n) is 10.4. The van der Waals surface area contributed by atoms with Crippen molar-refractivity contribution in [1.82, 2.24) is 14.9 Å². The molecule has 1 fully saturated rings. The van der Waals surface area contributed by atoms with Crippen LogP contribution in [0.4, 0.5) is 0 Å². The van der Waals surface area contributed by atoms with Gasteiger partial charge in [0.1, 0.15) is 5.75 Å². The van der Waals surface area contributed by atoms with Gasteiger partial charge in [0.2, 0.25) is 15.9 Å². The molecule has 0 radical (unpaired) electrons. The zero-order valence-corrected chi connectivity index (χ0v) is 11.2. The van der Waals surface area contributed by atoms with Crippen molar-refractivity contribution in [2.75, 3.05) is 32.4 Å². The molecule has 0 aromatic carbocycles. The van der Waals surface area contributed by atoms with Crippen molar-refractivity contribution in [3.8, 4) is 0 Å². The summed E-state index contributed by atoms with van der Waals surface area (Å²) in [5, 5.41) is 3.18. The number of amides is 1. The van der Waals surface area contributed by atoms with Crippen molar-refractivity contribution in [3.63, 3.8) is 0 Å². The summed E-state index contributed by atoms with van der Waals surface area (Å²) in [5.74, 6) is -0.769. The average Bonchev–Trinajstić information content (AvgIpc) is 2.78. The van der Waals surface area contributed by atoms with Gasteiger partial charge >= 0.3 is 0 Å². The number of carbonyl (C=O) groups is 1. The Kier molecular flexibility index (Phi) is 5.35. The number of rotatable bonds is 6. The van der Waals surface area contributed by atoms with Gasteiger partial charge in [0, 0.05) is 19.1 Å². The molecule has 1 aliphatic rings. The van der Waals surface area contributed by atoms with E-state index in [0.717, 1.165) is 25.9 Å². The minimum absolute atomic E-state index is 0.134. The highest BCUT2D eigenvalue weighted by atomic mass is 32.2. The minimum Gasteiger partial charge on any atom is -0.337 e. The van der Waals surface area contributed by atoms with Crippen LogP contribution in [0.25, 0.3) is 0 Å². The molecule has 1 aliphatic heterocycles. The fraction of sp³-hybridized carbons (Fsp3) is 0.900. The molecule has 0 spiro atoms. The summed E-state index contributed by atoms with van der Waals surface area (Å²) in [6.07, 6.45) is 1.73. The van der Waals surface area contributed by atoms with Crippen LogP contribution < -0.4 is 10.0 Å². The van der Waals surface area contributed by atoms with Gasteiger partial charge in [0.15, 0.2) is 0 Å². The van der Waals surface area contributed by atoms with Crippen LogP contribution in [0.5, 0.6) is 0 Å². The van der Waals surface area contributed by atoms with Gasteiger partial charge in [-0.15, -0.1) is 0 Å². The lowest BCUT2D eigenvalue weighted by Gasteiger charge is -2.28. The Morgan fingerprint density at radius 1 is 1.53 bits per heavy atom. The van der Waals surface area contributed by atoms with E-state index in [0.29, 0.717) is 6.54 Å². The fourth-order valence-corrected chi connectivity index (χ4v) is 2.61. The summed E-state index contributed by atoms with van der Waals surface area (Å²) in [7, 11) is -2.15. The first-order valence-electron chi connectivity index (χ1n) is 5.91. The van der Waals surface area contributed by atoms with Crippen molar-refractivity contribution in [2.24, 2.45) is 0 Å². The van der Waals surface area contributed by atoms with Crippen molar-refractivity contribution < 1.29 is 13.2 Å². The van der Waals surface area contributed by atoms with E-state index in [-0.39, 0.29) is 11.9 Å². The molecule has 7 heteroatoms. The zero-order chi connectivity index (χ0) is 12.9. The lowest BCUT2D eigenvalue weighted by molar-refractivity contribution is -0.130. The Morgan fingerprint density at radius 3 is 2.71 bits per heavy atom. The summed E-state index contributed by atoms with van der Waals surface area (Å²) >= 11 is 0. The van der Waals surface area contributed by atoms with E-state index in [1.54, 1.807) is 4.90 Å². The number of hydrogen-bond donors (Lipinski definition) is 2. The first-order chi connectivity index (χ1) is 8.00. The Labute approximate surface area is 103 Å². The van der Waals surface area contributed by atoms with Crippen LogP contribution in [0, 0.1) is 0 Å². The first kappa shape index (κ1) is 14.4. The summed E-state index contributed by atoms with van der Waals surface area (Å²) in [5.41, 5.74) is 0. The molecule has 1 rings (SSSR count).